The van der Waals surface area contributed by atoms with Crippen LogP contribution in [0.15, 0.2) is 23.0 Å². The second kappa shape index (κ2) is 8.25. The number of ether oxygens (including phenoxy) is 2. The Labute approximate surface area is 193 Å². The third kappa shape index (κ3) is 3.42. The molecule has 0 saturated heterocycles. The topological polar surface area (TPSA) is 90.6 Å². The SMILES string of the molecule is CCOCCc1c2c(nc3cc(F)cc(F)c13)-c1cc3c(c(=O)n1C2)COC(=O)C[C@]3(O)CC. The first-order chi connectivity index (χ1) is 16.3. The molecule has 1 atom stereocenters. The van der Waals surface area contributed by atoms with Crippen molar-refractivity contribution in [3.8, 4) is 11.4 Å². The zero-order valence-corrected chi connectivity index (χ0v) is 18.9. The highest BCUT2D eigenvalue weighted by Gasteiger charge is 2.39. The van der Waals surface area contributed by atoms with E-state index in [1.165, 1.54) is 10.6 Å². The summed E-state index contributed by atoms with van der Waals surface area (Å²) in [5, 5.41) is 11.5. The van der Waals surface area contributed by atoms with E-state index in [-0.39, 0.29) is 42.5 Å². The van der Waals surface area contributed by atoms with Gasteiger partial charge < -0.3 is 19.1 Å². The normalized spacial score (nSPS) is 18.9. The fourth-order valence-corrected chi connectivity index (χ4v) is 5.01. The van der Waals surface area contributed by atoms with Gasteiger partial charge in [0.25, 0.3) is 5.56 Å². The molecule has 0 bridgehead atoms. The Morgan fingerprint density at radius 1 is 1.21 bits per heavy atom. The molecule has 2 aliphatic rings. The van der Waals surface area contributed by atoms with E-state index in [0.29, 0.717) is 47.7 Å². The smallest absolute Gasteiger partial charge is 0.309 e. The maximum absolute atomic E-state index is 14.9. The predicted molar refractivity (Wildman–Crippen MR) is 119 cm³/mol. The summed E-state index contributed by atoms with van der Waals surface area (Å²) >= 11 is 0. The highest BCUT2D eigenvalue weighted by Crippen LogP contribution is 2.41. The van der Waals surface area contributed by atoms with Gasteiger partial charge in [-0.15, -0.1) is 0 Å². The quantitative estimate of drug-likeness (QED) is 0.356. The molecule has 4 heterocycles. The number of hydrogen-bond acceptors (Lipinski definition) is 6. The minimum atomic E-state index is -1.56. The number of rotatable bonds is 5. The van der Waals surface area contributed by atoms with Crippen LogP contribution in [0.5, 0.6) is 0 Å². The van der Waals surface area contributed by atoms with Crippen LogP contribution in [0.25, 0.3) is 22.3 Å². The van der Waals surface area contributed by atoms with Gasteiger partial charge in [-0.3, -0.25) is 9.59 Å². The van der Waals surface area contributed by atoms with Crippen molar-refractivity contribution in [3.05, 3.63) is 62.4 Å². The summed E-state index contributed by atoms with van der Waals surface area (Å²) in [6.07, 6.45) is 0.288. The number of cyclic esters (lactones) is 1. The second-order valence-electron chi connectivity index (χ2n) is 8.68. The van der Waals surface area contributed by atoms with Crippen LogP contribution in [0.3, 0.4) is 0 Å². The van der Waals surface area contributed by atoms with Gasteiger partial charge in [0.1, 0.15) is 23.8 Å². The van der Waals surface area contributed by atoms with Crippen LogP contribution >= 0.6 is 0 Å². The van der Waals surface area contributed by atoms with Crippen molar-refractivity contribution in [2.75, 3.05) is 13.2 Å². The van der Waals surface area contributed by atoms with Gasteiger partial charge in [-0.1, -0.05) is 6.92 Å². The largest absolute Gasteiger partial charge is 0.460 e. The Balaban J connectivity index is 1.78. The van der Waals surface area contributed by atoms with E-state index in [2.05, 4.69) is 4.98 Å². The molecule has 0 spiro atoms. The van der Waals surface area contributed by atoms with Crippen LogP contribution in [0.1, 0.15) is 48.9 Å². The molecule has 5 rings (SSSR count). The maximum Gasteiger partial charge on any atom is 0.309 e. The zero-order chi connectivity index (χ0) is 24.2. The molecular formula is C25H24F2N2O5. The fourth-order valence-electron chi connectivity index (χ4n) is 5.01. The summed E-state index contributed by atoms with van der Waals surface area (Å²) in [6.45, 7) is 4.30. The van der Waals surface area contributed by atoms with Crippen LogP contribution in [0.4, 0.5) is 8.78 Å². The van der Waals surface area contributed by atoms with Gasteiger partial charge in [0.15, 0.2) is 0 Å². The lowest BCUT2D eigenvalue weighted by atomic mass is 9.85. The lowest BCUT2D eigenvalue weighted by Gasteiger charge is -2.26. The monoisotopic (exact) mass is 470 g/mol. The molecule has 2 aromatic heterocycles. The lowest BCUT2D eigenvalue weighted by molar-refractivity contribution is -0.149. The van der Waals surface area contributed by atoms with E-state index in [4.69, 9.17) is 9.47 Å². The molecule has 0 radical (unpaired) electrons. The van der Waals surface area contributed by atoms with Gasteiger partial charge in [-0.05, 0) is 37.0 Å². The van der Waals surface area contributed by atoms with Gasteiger partial charge >= 0.3 is 5.97 Å². The van der Waals surface area contributed by atoms with Crippen LogP contribution in [-0.4, -0.2) is 33.8 Å². The number of aliphatic hydroxyl groups is 1. The van der Waals surface area contributed by atoms with Crippen molar-refractivity contribution in [2.24, 2.45) is 0 Å². The minimum absolute atomic E-state index is 0.135. The van der Waals surface area contributed by atoms with Gasteiger partial charge in [-0.2, -0.15) is 0 Å². The standard InChI is InChI=1S/C25H24F2N2O5/c1-3-25(32)10-21(30)34-12-16-17(25)9-20-23-15(11-29(20)24(16)31)14(5-6-33-4-2)22-18(27)7-13(26)8-19(22)28-23/h7-9,32H,3-6,10-12H2,1-2H3/t25-/m1/s1. The minimum Gasteiger partial charge on any atom is -0.460 e. The molecular weight excluding hydrogens is 446 g/mol. The predicted octanol–water partition coefficient (Wildman–Crippen LogP) is 3.33. The van der Waals surface area contributed by atoms with Crippen molar-refractivity contribution in [1.82, 2.24) is 9.55 Å². The first-order valence-electron chi connectivity index (χ1n) is 11.3. The molecule has 178 valence electrons. The third-order valence-corrected chi connectivity index (χ3v) is 6.78. The summed E-state index contributed by atoms with van der Waals surface area (Å²) in [6, 6.07) is 3.66. The Bertz CT molecular complexity index is 1400. The van der Waals surface area contributed by atoms with E-state index in [1.54, 1.807) is 13.0 Å². The highest BCUT2D eigenvalue weighted by molar-refractivity contribution is 5.88. The molecule has 0 amide bonds. The summed E-state index contributed by atoms with van der Waals surface area (Å²) in [7, 11) is 0. The third-order valence-electron chi connectivity index (χ3n) is 6.78. The summed E-state index contributed by atoms with van der Waals surface area (Å²) in [5.74, 6) is -2.05. The molecule has 7 nitrogen and oxygen atoms in total. The molecule has 0 aliphatic carbocycles. The number of nitrogens with zero attached hydrogens (tertiary/aromatic N) is 2. The summed E-state index contributed by atoms with van der Waals surface area (Å²) in [4.78, 5) is 30.1. The number of carbonyl (C=O) groups is 1. The van der Waals surface area contributed by atoms with Crippen molar-refractivity contribution in [1.29, 1.82) is 0 Å². The highest BCUT2D eigenvalue weighted by atomic mass is 19.1. The van der Waals surface area contributed by atoms with Gasteiger partial charge in [0, 0.05) is 29.7 Å². The number of carbonyl (C=O) groups excluding carboxylic acids is 1. The number of esters is 1. The van der Waals surface area contributed by atoms with Crippen LogP contribution in [-0.2, 0) is 39.4 Å². The number of aromatic nitrogens is 2. The van der Waals surface area contributed by atoms with E-state index in [0.717, 1.165) is 6.07 Å². The maximum atomic E-state index is 14.9. The second-order valence-corrected chi connectivity index (χ2v) is 8.68. The van der Waals surface area contributed by atoms with Gasteiger partial charge in [0.2, 0.25) is 0 Å². The number of fused-ring (bicyclic) bond motifs is 5. The average Bonchev–Trinajstić information content (AvgIpc) is 3.10. The molecule has 1 N–H and O–H groups in total. The Hall–Kier alpha value is -3.17. The molecule has 2 aliphatic heterocycles. The average molecular weight is 470 g/mol. The van der Waals surface area contributed by atoms with Crippen LogP contribution in [0, 0.1) is 11.6 Å². The summed E-state index contributed by atoms with van der Waals surface area (Å²) in [5.41, 5.74) is 0.850. The fraction of sp³-hybridized carbons (Fsp3) is 0.400. The Morgan fingerprint density at radius 3 is 2.74 bits per heavy atom. The Morgan fingerprint density at radius 2 is 2.00 bits per heavy atom. The van der Waals surface area contributed by atoms with E-state index in [1.807, 2.05) is 6.92 Å². The lowest BCUT2D eigenvalue weighted by Crippen LogP contribution is -2.32. The van der Waals surface area contributed by atoms with Crippen molar-refractivity contribution in [3.63, 3.8) is 0 Å². The molecule has 3 aromatic rings. The Kier molecular flexibility index (Phi) is 5.49. The van der Waals surface area contributed by atoms with E-state index >= 15 is 0 Å². The van der Waals surface area contributed by atoms with Gasteiger partial charge in [0.05, 0.1) is 42.0 Å². The molecule has 0 saturated carbocycles. The number of halogens is 2. The van der Waals surface area contributed by atoms with Gasteiger partial charge in [-0.25, -0.2) is 13.8 Å². The molecule has 9 heteroatoms. The zero-order valence-electron chi connectivity index (χ0n) is 18.9. The van der Waals surface area contributed by atoms with Crippen LogP contribution in [0.2, 0.25) is 0 Å². The van der Waals surface area contributed by atoms with Crippen molar-refractivity contribution < 1.29 is 28.2 Å². The molecule has 1 aromatic carbocycles. The first kappa shape index (κ1) is 22.6. The molecule has 0 unspecified atom stereocenters. The molecule has 0 fully saturated rings. The molecule has 34 heavy (non-hydrogen) atoms. The van der Waals surface area contributed by atoms with E-state index in [9.17, 15) is 23.5 Å². The van der Waals surface area contributed by atoms with E-state index < -0.39 is 28.8 Å². The summed E-state index contributed by atoms with van der Waals surface area (Å²) < 4.78 is 41.1. The van der Waals surface area contributed by atoms with Crippen molar-refractivity contribution >= 4 is 16.9 Å². The van der Waals surface area contributed by atoms with Crippen molar-refractivity contribution in [2.45, 2.75) is 51.9 Å². The number of hydrogen-bond donors (Lipinski definition) is 1. The first-order valence-corrected chi connectivity index (χ1v) is 11.3. The van der Waals surface area contributed by atoms with Crippen LogP contribution < -0.4 is 5.56 Å². The number of pyridine rings is 2. The number of benzene rings is 1.